The number of hydrogen-bond donors (Lipinski definition) is 4. The van der Waals surface area contributed by atoms with Crippen LogP contribution in [0.5, 0.6) is 5.75 Å². The Kier molecular flexibility index (Phi) is 8.51. The number of rotatable bonds is 8. The summed E-state index contributed by atoms with van der Waals surface area (Å²) in [5.41, 5.74) is 0.882. The van der Waals surface area contributed by atoms with Gasteiger partial charge in [0.25, 0.3) is 5.91 Å². The molecule has 33 heavy (non-hydrogen) atoms. The number of phenols is 1. The van der Waals surface area contributed by atoms with Crippen molar-refractivity contribution >= 4 is 45.9 Å². The number of allylic oxidation sites excluding steroid dienone is 2. The number of hydrogen-bond acceptors (Lipinski definition) is 5. The molecule has 3 fully saturated rings. The molecule has 1 amide bonds. The highest BCUT2D eigenvalue weighted by Crippen LogP contribution is 2.61. The molecule has 4 unspecified atom stereocenters. The first-order valence-corrected chi connectivity index (χ1v) is 13.4. The number of aromatic hydroxyl groups is 1. The molecule has 3 aliphatic rings. The largest absolute Gasteiger partial charge is 0.508 e. The second-order valence-electron chi connectivity index (χ2n) is 9.68. The molecule has 2 bridgehead atoms. The van der Waals surface area contributed by atoms with E-state index >= 15 is 0 Å². The van der Waals surface area contributed by atoms with Crippen molar-refractivity contribution in [3.63, 3.8) is 0 Å². The van der Waals surface area contributed by atoms with Crippen molar-refractivity contribution in [2.24, 2.45) is 23.2 Å². The van der Waals surface area contributed by atoms with E-state index in [1.165, 1.54) is 17.8 Å². The molecule has 0 spiro atoms. The van der Waals surface area contributed by atoms with Gasteiger partial charge in [0.1, 0.15) is 5.75 Å². The zero-order valence-electron chi connectivity index (χ0n) is 19.6. The number of benzene rings is 1. The van der Waals surface area contributed by atoms with Gasteiger partial charge in [-0.25, -0.2) is 0 Å². The fourth-order valence-corrected chi connectivity index (χ4v) is 6.47. The van der Waals surface area contributed by atoms with Crippen LogP contribution >= 0.6 is 24.0 Å². The van der Waals surface area contributed by atoms with Crippen LogP contribution in [-0.2, 0) is 4.79 Å². The van der Waals surface area contributed by atoms with Crippen LogP contribution in [0.4, 0.5) is 0 Å². The number of aliphatic carboxylic acids is 1. The molecule has 1 heterocycles. The number of carbonyl (C=O) groups excluding carboxylic acids is 1. The number of amides is 1. The molecule has 3 N–H and O–H groups in total. The van der Waals surface area contributed by atoms with E-state index in [1.807, 2.05) is 11.4 Å². The highest BCUT2D eigenvalue weighted by molar-refractivity contribution is 7.79. The molecular formula is C26H35NO4S2. The predicted octanol–water partition coefficient (Wildman–Crippen LogP) is 6.13. The van der Waals surface area contributed by atoms with Crippen LogP contribution in [0.15, 0.2) is 35.7 Å². The Morgan fingerprint density at radius 2 is 2.00 bits per heavy atom. The van der Waals surface area contributed by atoms with Gasteiger partial charge in [-0.3, -0.25) is 9.59 Å². The fraction of sp³-hybridized carbons (Fsp3) is 0.538. The number of nitrogens with one attached hydrogen (secondary N) is 1. The summed E-state index contributed by atoms with van der Waals surface area (Å²) < 4.78 is 0.997. The SMILES string of the molecule is CC1(C)C2CC(C/C=C\CCCC(=O)O)C(NC(=O)c3csc4ccc(O)cc34)C1C2.CS. The van der Waals surface area contributed by atoms with Gasteiger partial charge in [-0.05, 0) is 79.7 Å². The molecule has 0 radical (unpaired) electrons. The summed E-state index contributed by atoms with van der Waals surface area (Å²) in [5, 5.41) is 24.7. The van der Waals surface area contributed by atoms with Crippen LogP contribution < -0.4 is 5.32 Å². The molecule has 2 aromatic rings. The second kappa shape index (κ2) is 11.0. The predicted molar refractivity (Wildman–Crippen MR) is 138 cm³/mol. The summed E-state index contributed by atoms with van der Waals surface area (Å²) in [6.45, 7) is 4.64. The van der Waals surface area contributed by atoms with E-state index < -0.39 is 5.97 Å². The van der Waals surface area contributed by atoms with E-state index in [0.717, 1.165) is 29.3 Å². The minimum Gasteiger partial charge on any atom is -0.508 e. The van der Waals surface area contributed by atoms with Crippen LogP contribution in [0.1, 0.15) is 62.7 Å². The van der Waals surface area contributed by atoms with E-state index in [1.54, 1.807) is 18.4 Å². The van der Waals surface area contributed by atoms with Crippen molar-refractivity contribution in [1.82, 2.24) is 5.32 Å². The first kappa shape index (κ1) is 25.6. The van der Waals surface area contributed by atoms with Gasteiger partial charge in [0, 0.05) is 27.9 Å². The first-order chi connectivity index (χ1) is 15.8. The second-order valence-corrected chi connectivity index (χ2v) is 10.6. The van der Waals surface area contributed by atoms with Crippen LogP contribution in [0.3, 0.4) is 0 Å². The Morgan fingerprint density at radius 3 is 2.70 bits per heavy atom. The topological polar surface area (TPSA) is 86.6 Å². The number of thiophene rings is 1. The standard InChI is InChI=1S/C25H31NO4S.CH4S/c1-25(2)16-11-15(7-5-3-4-6-8-22(28)29)23(20(25)12-16)26-24(30)19-14-31-21-10-9-17(27)13-18(19)21;1-2/h3,5,9-10,13-16,20,23,27H,4,6-8,11-12H2,1-2H3,(H,26,30)(H,28,29);2H,1H3/b5-3-;. The van der Waals surface area contributed by atoms with Gasteiger partial charge in [0.05, 0.1) is 5.56 Å². The number of carboxylic acids is 1. The van der Waals surface area contributed by atoms with E-state index in [0.29, 0.717) is 29.7 Å². The quantitative estimate of drug-likeness (QED) is 0.204. The maximum atomic E-state index is 13.2. The van der Waals surface area contributed by atoms with Crippen LogP contribution in [-0.4, -0.2) is 34.4 Å². The van der Waals surface area contributed by atoms with Gasteiger partial charge < -0.3 is 15.5 Å². The molecular weight excluding hydrogens is 454 g/mol. The lowest BCUT2D eigenvalue weighted by Crippen LogP contribution is -2.63. The summed E-state index contributed by atoms with van der Waals surface area (Å²) in [7, 11) is 0. The van der Waals surface area contributed by atoms with Gasteiger partial charge in [0.15, 0.2) is 0 Å². The Bertz CT molecular complexity index is 1010. The van der Waals surface area contributed by atoms with Crippen molar-refractivity contribution < 1.29 is 19.8 Å². The van der Waals surface area contributed by atoms with Crippen molar-refractivity contribution in [1.29, 1.82) is 0 Å². The molecule has 180 valence electrons. The Hall–Kier alpha value is -1.99. The minimum atomic E-state index is -0.750. The smallest absolute Gasteiger partial charge is 0.303 e. The van der Waals surface area contributed by atoms with Crippen molar-refractivity contribution in [2.45, 2.75) is 58.4 Å². The molecule has 5 rings (SSSR count). The molecule has 1 aromatic heterocycles. The minimum absolute atomic E-state index is 0.0570. The first-order valence-electron chi connectivity index (χ1n) is 11.6. The van der Waals surface area contributed by atoms with Gasteiger partial charge in [-0.1, -0.05) is 26.0 Å². The lowest BCUT2D eigenvalue weighted by atomic mass is 9.44. The monoisotopic (exact) mass is 489 g/mol. The van der Waals surface area contributed by atoms with Gasteiger partial charge in [0.2, 0.25) is 0 Å². The van der Waals surface area contributed by atoms with Gasteiger partial charge >= 0.3 is 5.97 Å². The lowest BCUT2D eigenvalue weighted by molar-refractivity contribution is -0.137. The molecule has 3 saturated carbocycles. The number of phenolic OH excluding ortho intramolecular Hbond substituents is 1. The van der Waals surface area contributed by atoms with Gasteiger partial charge in [-0.2, -0.15) is 12.6 Å². The zero-order chi connectivity index (χ0) is 24.2. The maximum absolute atomic E-state index is 13.2. The maximum Gasteiger partial charge on any atom is 0.303 e. The average molecular weight is 490 g/mol. The summed E-state index contributed by atoms with van der Waals surface area (Å²) in [6, 6.07) is 5.30. The lowest BCUT2D eigenvalue weighted by Gasteiger charge is -2.62. The normalized spacial score (nSPS) is 25.2. The Balaban J connectivity index is 0.00000149. The van der Waals surface area contributed by atoms with Crippen LogP contribution in [0.2, 0.25) is 0 Å². The third kappa shape index (κ3) is 5.57. The Morgan fingerprint density at radius 1 is 1.24 bits per heavy atom. The van der Waals surface area contributed by atoms with E-state index in [9.17, 15) is 14.7 Å². The van der Waals surface area contributed by atoms with Gasteiger partial charge in [-0.15, -0.1) is 11.3 Å². The summed E-state index contributed by atoms with van der Waals surface area (Å²) in [6.07, 6.45) is 10.8. The number of fused-ring (bicyclic) bond motifs is 3. The van der Waals surface area contributed by atoms with Crippen molar-refractivity contribution in [3.8, 4) is 5.75 Å². The van der Waals surface area contributed by atoms with E-state index in [2.05, 4.69) is 43.9 Å². The van der Waals surface area contributed by atoms with Crippen LogP contribution in [0, 0.1) is 23.2 Å². The summed E-state index contributed by atoms with van der Waals surface area (Å²) in [4.78, 5) is 23.9. The summed E-state index contributed by atoms with van der Waals surface area (Å²) in [5.74, 6) is 0.939. The highest BCUT2D eigenvalue weighted by Gasteiger charge is 2.57. The number of carbonyl (C=O) groups is 2. The third-order valence-corrected chi connectivity index (χ3v) is 8.50. The number of carboxylic acid groups (broad SMARTS) is 1. The highest BCUT2D eigenvalue weighted by atomic mass is 32.1. The Labute approximate surface area is 205 Å². The molecule has 7 heteroatoms. The summed E-state index contributed by atoms with van der Waals surface area (Å²) >= 11 is 5.05. The van der Waals surface area contributed by atoms with Crippen molar-refractivity contribution in [3.05, 3.63) is 41.3 Å². The van der Waals surface area contributed by atoms with E-state index in [4.69, 9.17) is 5.11 Å². The molecule has 0 aliphatic heterocycles. The molecule has 5 nitrogen and oxygen atoms in total. The molecule has 3 aliphatic carbocycles. The fourth-order valence-electron chi connectivity index (χ4n) is 5.55. The average Bonchev–Trinajstić information content (AvgIpc) is 3.20. The molecule has 4 atom stereocenters. The van der Waals surface area contributed by atoms with Crippen LogP contribution in [0.25, 0.3) is 10.1 Å². The number of thiol groups is 1. The third-order valence-electron chi connectivity index (χ3n) is 7.54. The molecule has 0 saturated heterocycles. The number of unbranched alkanes of at least 4 members (excludes halogenated alkanes) is 1. The van der Waals surface area contributed by atoms with E-state index in [-0.39, 0.29) is 29.5 Å². The van der Waals surface area contributed by atoms with Crippen molar-refractivity contribution in [2.75, 3.05) is 6.26 Å². The molecule has 1 aromatic carbocycles. The zero-order valence-corrected chi connectivity index (χ0v) is 21.3.